The van der Waals surface area contributed by atoms with Crippen LogP contribution in [0.4, 0.5) is 0 Å². The first-order chi connectivity index (χ1) is 10.9. The van der Waals surface area contributed by atoms with Gasteiger partial charge in [0.25, 0.3) is 0 Å². The number of hydrogen-bond acceptors (Lipinski definition) is 4. The van der Waals surface area contributed by atoms with E-state index in [1.165, 1.54) is 10.9 Å². The molecule has 1 N–H and O–H groups in total. The molecule has 0 bridgehead atoms. The second-order valence-corrected chi connectivity index (χ2v) is 5.29. The normalized spacial score (nSPS) is 12.7. The molecule has 2 aromatic carbocycles. The van der Waals surface area contributed by atoms with Crippen LogP contribution in [0.1, 0.15) is 11.1 Å². The topological polar surface area (TPSA) is 43.4 Å². The second-order valence-electron chi connectivity index (χ2n) is 5.29. The van der Waals surface area contributed by atoms with Crippen molar-refractivity contribution < 1.29 is 9.47 Å². The largest absolute Gasteiger partial charge is 0.454 e. The molecule has 4 heteroatoms. The first kappa shape index (κ1) is 13.1. The highest BCUT2D eigenvalue weighted by atomic mass is 16.7. The van der Waals surface area contributed by atoms with E-state index in [4.69, 9.17) is 9.47 Å². The van der Waals surface area contributed by atoms with Crippen LogP contribution in [-0.2, 0) is 13.1 Å². The van der Waals surface area contributed by atoms with Crippen molar-refractivity contribution in [2.24, 2.45) is 0 Å². The fourth-order valence-electron chi connectivity index (χ4n) is 2.68. The van der Waals surface area contributed by atoms with Gasteiger partial charge >= 0.3 is 0 Å². The van der Waals surface area contributed by atoms with Gasteiger partial charge in [-0.15, -0.1) is 0 Å². The van der Waals surface area contributed by atoms with Crippen molar-refractivity contribution in [3.05, 3.63) is 65.9 Å². The van der Waals surface area contributed by atoms with Gasteiger partial charge in [0.2, 0.25) is 6.79 Å². The highest BCUT2D eigenvalue weighted by molar-refractivity contribution is 5.78. The van der Waals surface area contributed by atoms with Crippen LogP contribution in [0.5, 0.6) is 11.5 Å². The minimum atomic E-state index is 0.306. The lowest BCUT2D eigenvalue weighted by Gasteiger charge is -2.08. The molecule has 0 amide bonds. The first-order valence-corrected chi connectivity index (χ1v) is 7.32. The third-order valence-corrected chi connectivity index (χ3v) is 3.77. The summed E-state index contributed by atoms with van der Waals surface area (Å²) in [4.78, 5) is 4.48. The summed E-state index contributed by atoms with van der Waals surface area (Å²) in [5, 5.41) is 4.60. The Morgan fingerprint density at radius 2 is 1.95 bits per heavy atom. The zero-order valence-electron chi connectivity index (χ0n) is 12.1. The van der Waals surface area contributed by atoms with E-state index in [1.807, 2.05) is 36.5 Å². The average molecular weight is 292 g/mol. The highest BCUT2D eigenvalue weighted by Gasteiger charge is 2.16. The Bertz CT molecular complexity index is 817. The molecule has 1 aliphatic rings. The van der Waals surface area contributed by atoms with Gasteiger partial charge in [-0.2, -0.15) is 0 Å². The van der Waals surface area contributed by atoms with Crippen LogP contribution in [0.15, 0.2) is 54.7 Å². The molecular weight excluding hydrogens is 276 g/mol. The lowest BCUT2D eigenvalue weighted by molar-refractivity contribution is 0.173. The number of para-hydroxylation sites is 2. The van der Waals surface area contributed by atoms with Gasteiger partial charge in [-0.3, -0.25) is 4.98 Å². The molecule has 1 aliphatic heterocycles. The summed E-state index contributed by atoms with van der Waals surface area (Å²) in [5.74, 6) is 1.68. The van der Waals surface area contributed by atoms with Gasteiger partial charge in [0.1, 0.15) is 0 Å². The second kappa shape index (κ2) is 5.66. The monoisotopic (exact) mass is 292 g/mol. The maximum atomic E-state index is 5.52. The van der Waals surface area contributed by atoms with Gasteiger partial charge in [-0.25, -0.2) is 0 Å². The molecule has 0 spiro atoms. The van der Waals surface area contributed by atoms with Crippen molar-refractivity contribution in [2.75, 3.05) is 6.79 Å². The quantitative estimate of drug-likeness (QED) is 0.801. The van der Waals surface area contributed by atoms with E-state index in [1.54, 1.807) is 0 Å². The molecule has 2 heterocycles. The fraction of sp³-hybridized carbons (Fsp3) is 0.167. The summed E-state index contributed by atoms with van der Waals surface area (Å²) in [6.45, 7) is 1.81. The Labute approximate surface area is 128 Å². The predicted molar refractivity (Wildman–Crippen MR) is 84.9 cm³/mol. The molecule has 0 radical (unpaired) electrons. The Morgan fingerprint density at radius 1 is 1.00 bits per heavy atom. The molecular formula is C18H16N2O2. The van der Waals surface area contributed by atoms with E-state index in [0.717, 1.165) is 35.7 Å². The third-order valence-electron chi connectivity index (χ3n) is 3.77. The van der Waals surface area contributed by atoms with E-state index in [2.05, 4.69) is 28.5 Å². The fourth-order valence-corrected chi connectivity index (χ4v) is 2.68. The zero-order valence-corrected chi connectivity index (χ0v) is 12.1. The van der Waals surface area contributed by atoms with Crippen LogP contribution in [-0.4, -0.2) is 11.8 Å². The van der Waals surface area contributed by atoms with Crippen molar-refractivity contribution in [3.8, 4) is 11.5 Å². The van der Waals surface area contributed by atoms with Gasteiger partial charge in [0.05, 0.1) is 5.52 Å². The molecule has 4 nitrogen and oxygen atoms in total. The third kappa shape index (κ3) is 2.49. The Kier molecular flexibility index (Phi) is 3.37. The summed E-state index contributed by atoms with van der Waals surface area (Å²) in [5.41, 5.74) is 3.31. The minimum absolute atomic E-state index is 0.306. The van der Waals surface area contributed by atoms with Crippen molar-refractivity contribution in [1.82, 2.24) is 10.3 Å². The van der Waals surface area contributed by atoms with E-state index in [-0.39, 0.29) is 0 Å². The van der Waals surface area contributed by atoms with Crippen LogP contribution < -0.4 is 14.8 Å². The van der Waals surface area contributed by atoms with Crippen LogP contribution in [0, 0.1) is 0 Å². The van der Waals surface area contributed by atoms with E-state index in [9.17, 15) is 0 Å². The lowest BCUT2D eigenvalue weighted by Crippen LogP contribution is -2.13. The van der Waals surface area contributed by atoms with Gasteiger partial charge in [-0.05, 0) is 23.8 Å². The van der Waals surface area contributed by atoms with Crippen LogP contribution in [0.2, 0.25) is 0 Å². The summed E-state index contributed by atoms with van der Waals surface area (Å²) in [6.07, 6.45) is 1.92. The molecule has 4 rings (SSSR count). The van der Waals surface area contributed by atoms with Gasteiger partial charge in [0.15, 0.2) is 11.5 Å². The highest BCUT2D eigenvalue weighted by Crippen LogP contribution is 2.35. The number of ether oxygens (including phenoxy) is 2. The number of aromatic nitrogens is 1. The summed E-state index contributed by atoms with van der Waals surface area (Å²) in [7, 11) is 0. The minimum Gasteiger partial charge on any atom is -0.454 e. The maximum Gasteiger partial charge on any atom is 0.231 e. The van der Waals surface area contributed by atoms with Crippen LogP contribution in [0.25, 0.3) is 10.9 Å². The van der Waals surface area contributed by atoms with Crippen molar-refractivity contribution in [2.45, 2.75) is 13.1 Å². The van der Waals surface area contributed by atoms with Crippen molar-refractivity contribution in [1.29, 1.82) is 0 Å². The number of nitrogens with one attached hydrogen (secondary N) is 1. The molecule has 22 heavy (non-hydrogen) atoms. The molecule has 1 aromatic heterocycles. The van der Waals surface area contributed by atoms with Gasteiger partial charge in [0, 0.05) is 30.2 Å². The smallest absolute Gasteiger partial charge is 0.231 e. The van der Waals surface area contributed by atoms with Crippen molar-refractivity contribution >= 4 is 10.9 Å². The van der Waals surface area contributed by atoms with E-state index < -0.39 is 0 Å². The maximum absolute atomic E-state index is 5.52. The number of rotatable bonds is 4. The predicted octanol–water partition coefficient (Wildman–Crippen LogP) is 3.25. The SMILES string of the molecule is c1cc(CNCc2cnc3ccccc3c2)c2c(c1)OCO2. The van der Waals surface area contributed by atoms with E-state index in [0.29, 0.717) is 6.79 Å². The van der Waals surface area contributed by atoms with Gasteiger partial charge in [-0.1, -0.05) is 30.3 Å². The van der Waals surface area contributed by atoms with Crippen LogP contribution in [0.3, 0.4) is 0 Å². The Hall–Kier alpha value is -2.59. The lowest BCUT2D eigenvalue weighted by atomic mass is 10.1. The summed E-state index contributed by atoms with van der Waals surface area (Å²) >= 11 is 0. The molecule has 0 saturated heterocycles. The Balaban J connectivity index is 1.45. The molecule has 0 fully saturated rings. The van der Waals surface area contributed by atoms with Crippen molar-refractivity contribution in [3.63, 3.8) is 0 Å². The molecule has 110 valence electrons. The van der Waals surface area contributed by atoms with Gasteiger partial charge < -0.3 is 14.8 Å². The zero-order chi connectivity index (χ0) is 14.8. The molecule has 0 saturated carbocycles. The number of benzene rings is 2. The number of hydrogen-bond donors (Lipinski definition) is 1. The summed E-state index contributed by atoms with van der Waals surface area (Å²) < 4.78 is 10.9. The van der Waals surface area contributed by atoms with Crippen LogP contribution >= 0.6 is 0 Å². The molecule has 0 aliphatic carbocycles. The molecule has 0 atom stereocenters. The molecule has 0 unspecified atom stereocenters. The summed E-state index contributed by atoms with van der Waals surface area (Å²) in [6, 6.07) is 16.3. The standard InChI is InChI=1S/C18H16N2O2/c1-2-6-16-14(4-1)8-13(10-20-16)9-19-11-15-5-3-7-17-18(15)22-12-21-17/h1-8,10,19H,9,11-12H2. The van der Waals surface area contributed by atoms with E-state index >= 15 is 0 Å². The first-order valence-electron chi connectivity index (χ1n) is 7.32. The number of fused-ring (bicyclic) bond motifs is 2. The molecule has 3 aromatic rings. The Morgan fingerprint density at radius 3 is 2.95 bits per heavy atom. The number of nitrogens with zero attached hydrogens (tertiary/aromatic N) is 1. The number of pyridine rings is 1. The average Bonchev–Trinajstić information content (AvgIpc) is 3.04.